The third kappa shape index (κ3) is 5.13. The molecule has 5 N–H and O–H groups in total. The Labute approximate surface area is 239 Å². The Morgan fingerprint density at radius 1 is 1.17 bits per heavy atom. The highest BCUT2D eigenvalue weighted by atomic mass is 16.3. The predicted molar refractivity (Wildman–Crippen MR) is 158 cm³/mol. The molecule has 1 fully saturated rings. The van der Waals surface area contributed by atoms with Gasteiger partial charge >= 0.3 is 0 Å². The number of aliphatic hydroxyl groups is 2. The molecule has 1 amide bonds. The second-order valence-electron chi connectivity index (χ2n) is 12.0. The van der Waals surface area contributed by atoms with E-state index in [4.69, 9.17) is 4.98 Å². The van der Waals surface area contributed by atoms with E-state index in [1.807, 2.05) is 49.5 Å². The van der Waals surface area contributed by atoms with E-state index < -0.39 is 17.2 Å². The Bertz CT molecular complexity index is 1530. The molecule has 3 aromatic rings. The van der Waals surface area contributed by atoms with Gasteiger partial charge in [0.25, 0.3) is 5.91 Å². The molecular weight excluding hydrogens is 518 g/mol. The highest BCUT2D eigenvalue weighted by Gasteiger charge is 2.44. The van der Waals surface area contributed by atoms with Gasteiger partial charge in [-0.1, -0.05) is 44.1 Å². The lowest BCUT2D eigenvalue weighted by atomic mass is 9.85. The van der Waals surface area contributed by atoms with Crippen molar-refractivity contribution >= 4 is 23.4 Å². The van der Waals surface area contributed by atoms with Gasteiger partial charge in [0.1, 0.15) is 5.82 Å². The van der Waals surface area contributed by atoms with Gasteiger partial charge in [0, 0.05) is 34.8 Å². The van der Waals surface area contributed by atoms with Crippen LogP contribution in [0.25, 0.3) is 11.1 Å². The zero-order valence-corrected chi connectivity index (χ0v) is 23.7. The third-order valence-electron chi connectivity index (χ3n) is 8.39. The molecule has 214 valence electrons. The zero-order chi connectivity index (χ0) is 28.8. The van der Waals surface area contributed by atoms with Gasteiger partial charge in [0.2, 0.25) is 5.95 Å². The van der Waals surface area contributed by atoms with Crippen molar-refractivity contribution in [2.75, 3.05) is 10.6 Å². The number of nitrogens with one attached hydrogen (secondary N) is 3. The van der Waals surface area contributed by atoms with Gasteiger partial charge < -0.3 is 26.2 Å². The van der Waals surface area contributed by atoms with Crippen LogP contribution in [0.15, 0.2) is 61.1 Å². The first-order valence-electron chi connectivity index (χ1n) is 14.3. The van der Waals surface area contributed by atoms with Gasteiger partial charge in [0.15, 0.2) is 0 Å². The first-order valence-corrected chi connectivity index (χ1v) is 14.3. The van der Waals surface area contributed by atoms with Crippen molar-refractivity contribution < 1.29 is 15.0 Å². The molecule has 10 heteroatoms. The highest BCUT2D eigenvalue weighted by Crippen LogP contribution is 2.45. The summed E-state index contributed by atoms with van der Waals surface area (Å²) in [5.41, 5.74) is 2.11. The van der Waals surface area contributed by atoms with E-state index >= 15 is 0 Å². The molecule has 10 nitrogen and oxygen atoms in total. The maximum atomic E-state index is 12.6. The van der Waals surface area contributed by atoms with Crippen molar-refractivity contribution in [2.45, 2.75) is 82.2 Å². The molecule has 1 unspecified atom stereocenters. The quantitative estimate of drug-likeness (QED) is 0.276. The minimum atomic E-state index is -0.919. The van der Waals surface area contributed by atoms with E-state index in [2.05, 4.69) is 26.0 Å². The normalized spacial score (nSPS) is 22.7. The number of fused-ring (bicyclic) bond motifs is 2. The van der Waals surface area contributed by atoms with E-state index in [1.165, 1.54) is 0 Å². The summed E-state index contributed by atoms with van der Waals surface area (Å²) in [5, 5.41) is 35.7. The van der Waals surface area contributed by atoms with Crippen LogP contribution in [0, 0.1) is 0 Å². The van der Waals surface area contributed by atoms with Crippen molar-refractivity contribution in [2.24, 2.45) is 0 Å². The number of aliphatic hydroxyl groups excluding tert-OH is 1. The Kier molecular flexibility index (Phi) is 6.70. The number of allylic oxidation sites excluding steroid dienone is 2. The molecule has 0 radical (unpaired) electrons. The second-order valence-corrected chi connectivity index (χ2v) is 12.0. The Balaban J connectivity index is 1.36. The molecule has 3 heterocycles. The summed E-state index contributed by atoms with van der Waals surface area (Å²) in [7, 11) is 0. The minimum Gasteiger partial charge on any atom is -0.389 e. The van der Waals surface area contributed by atoms with Crippen molar-refractivity contribution in [1.29, 1.82) is 0 Å². The predicted octanol–water partition coefficient (Wildman–Crippen LogP) is 4.41. The standard InChI is InChI=1S/C31H37N7O3/c1-4-30(12-6-5-9-25(30)39)36-26-23(20-16-33-38(18-20)19-29(2,3)41)17-32-28(35-26)34-21-10-11-22-24(15-21)31(37-27(22)40)13-7-8-14-31/h5-6,9-12,15-18,25,39,41H,4,7-8,13-14,19H2,1-3H3,(H,37,40)(H2,32,34,35,36)/t25?,30-/m0/s1. The molecule has 2 atom stereocenters. The van der Waals surface area contributed by atoms with Crippen molar-refractivity contribution in [3.63, 3.8) is 0 Å². The van der Waals surface area contributed by atoms with Gasteiger partial charge in [-0.3, -0.25) is 9.48 Å². The van der Waals surface area contributed by atoms with E-state index in [0.29, 0.717) is 30.3 Å². The van der Waals surface area contributed by atoms with Crippen molar-refractivity contribution in [3.05, 3.63) is 72.2 Å². The van der Waals surface area contributed by atoms with E-state index in [0.717, 1.165) is 48.1 Å². The van der Waals surface area contributed by atoms with Gasteiger partial charge in [-0.25, -0.2) is 4.98 Å². The number of carbonyl (C=O) groups is 1. The zero-order valence-electron chi connectivity index (χ0n) is 23.7. The average molecular weight is 556 g/mol. The van der Waals surface area contributed by atoms with Gasteiger partial charge in [-0.15, -0.1) is 0 Å². The van der Waals surface area contributed by atoms with Crippen LogP contribution < -0.4 is 16.0 Å². The summed E-state index contributed by atoms with van der Waals surface area (Å²) in [6.45, 7) is 5.82. The molecule has 6 rings (SSSR count). The van der Waals surface area contributed by atoms with Crippen LogP contribution in [0.1, 0.15) is 68.8 Å². The van der Waals surface area contributed by atoms with Crippen LogP contribution in [-0.4, -0.2) is 53.1 Å². The fourth-order valence-corrected chi connectivity index (χ4v) is 6.22. The SMILES string of the molecule is CC[C@]1(Nc2nc(Nc3ccc4c(c3)C3(CCCC3)NC4=O)ncc2-c2cnn(CC(C)(C)O)c2)C=CC=CC1O. The molecule has 2 aromatic heterocycles. The third-order valence-corrected chi connectivity index (χ3v) is 8.39. The summed E-state index contributed by atoms with van der Waals surface area (Å²) < 4.78 is 1.69. The fraction of sp³-hybridized carbons (Fsp3) is 0.419. The maximum absolute atomic E-state index is 12.6. The number of aromatic nitrogens is 4. The van der Waals surface area contributed by atoms with E-state index in [9.17, 15) is 15.0 Å². The van der Waals surface area contributed by atoms with Crippen LogP contribution in [0.3, 0.4) is 0 Å². The molecule has 2 aliphatic carbocycles. The number of rotatable bonds is 8. The number of amides is 1. The van der Waals surface area contributed by atoms with E-state index in [-0.39, 0.29) is 11.4 Å². The topological polar surface area (TPSA) is 137 Å². The molecule has 0 saturated heterocycles. The Morgan fingerprint density at radius 3 is 2.71 bits per heavy atom. The maximum Gasteiger partial charge on any atom is 0.252 e. The number of carbonyl (C=O) groups excluding carboxylic acids is 1. The molecule has 3 aliphatic rings. The number of anilines is 3. The van der Waals surface area contributed by atoms with Crippen LogP contribution in [0.5, 0.6) is 0 Å². The van der Waals surface area contributed by atoms with Gasteiger partial charge in [-0.2, -0.15) is 10.1 Å². The summed E-state index contributed by atoms with van der Waals surface area (Å²) in [6, 6.07) is 5.78. The van der Waals surface area contributed by atoms with Crippen LogP contribution in [0.2, 0.25) is 0 Å². The average Bonchev–Trinajstić information content (AvgIpc) is 3.65. The first-order chi connectivity index (χ1) is 19.6. The van der Waals surface area contributed by atoms with Gasteiger partial charge in [0.05, 0.1) is 35.5 Å². The molecular formula is C31H37N7O3. The Morgan fingerprint density at radius 2 is 1.98 bits per heavy atom. The summed E-state index contributed by atoms with van der Waals surface area (Å²) in [5.74, 6) is 0.911. The number of nitrogens with zero attached hydrogens (tertiary/aromatic N) is 4. The molecule has 1 spiro atoms. The largest absolute Gasteiger partial charge is 0.389 e. The number of hydrogen-bond donors (Lipinski definition) is 5. The van der Waals surface area contributed by atoms with Crippen LogP contribution in [0.4, 0.5) is 17.5 Å². The highest BCUT2D eigenvalue weighted by molar-refractivity contribution is 6.00. The Hall–Kier alpha value is -4.02. The monoisotopic (exact) mass is 555 g/mol. The van der Waals surface area contributed by atoms with Crippen LogP contribution in [-0.2, 0) is 12.1 Å². The smallest absolute Gasteiger partial charge is 0.252 e. The first kappa shape index (κ1) is 27.2. The number of hydrogen-bond acceptors (Lipinski definition) is 8. The second kappa shape index (κ2) is 10.1. The molecule has 1 saturated carbocycles. The molecule has 1 aliphatic heterocycles. The molecule has 41 heavy (non-hydrogen) atoms. The molecule has 1 aromatic carbocycles. The summed E-state index contributed by atoms with van der Waals surface area (Å²) >= 11 is 0. The van der Waals surface area contributed by atoms with Crippen molar-refractivity contribution in [1.82, 2.24) is 25.1 Å². The van der Waals surface area contributed by atoms with Gasteiger partial charge in [-0.05, 0) is 56.9 Å². The van der Waals surface area contributed by atoms with Crippen LogP contribution >= 0.6 is 0 Å². The lowest BCUT2D eigenvalue weighted by Crippen LogP contribution is -2.47. The van der Waals surface area contributed by atoms with E-state index in [1.54, 1.807) is 37.0 Å². The number of benzene rings is 1. The minimum absolute atomic E-state index is 0.0105. The van der Waals surface area contributed by atoms with Crippen molar-refractivity contribution in [3.8, 4) is 11.1 Å². The lowest BCUT2D eigenvalue weighted by Gasteiger charge is -2.36. The lowest BCUT2D eigenvalue weighted by molar-refractivity contribution is 0.0577. The fourth-order valence-electron chi connectivity index (χ4n) is 6.22. The summed E-state index contributed by atoms with van der Waals surface area (Å²) in [4.78, 5) is 22.2. The summed E-state index contributed by atoms with van der Waals surface area (Å²) in [6.07, 6.45) is 16.7. The molecule has 0 bridgehead atoms.